The number of aryl methyl sites for hydroxylation is 1. The molecule has 1 aromatic rings. The van der Waals surface area contributed by atoms with E-state index in [0.29, 0.717) is 12.2 Å². The Kier molecular flexibility index (Phi) is 3.25. The zero-order valence-electron chi connectivity index (χ0n) is 7.66. The Morgan fingerprint density at radius 3 is 3.15 bits per heavy atom. The minimum Gasteiger partial charge on any atom is -0.350 e. The second-order valence-corrected chi connectivity index (χ2v) is 2.72. The van der Waals surface area contributed by atoms with Gasteiger partial charge < -0.3 is 9.88 Å². The van der Waals surface area contributed by atoms with Crippen LogP contribution in [-0.2, 0) is 7.05 Å². The molecule has 13 heavy (non-hydrogen) atoms. The topological polar surface area (TPSA) is 46.9 Å². The fraction of sp³-hybridized carbons (Fsp3) is 0.333. The van der Waals surface area contributed by atoms with Crippen LogP contribution in [0.15, 0.2) is 25.2 Å². The molecule has 0 aliphatic rings. The molecule has 1 amide bonds. The highest BCUT2D eigenvalue weighted by atomic mass is 16.1. The van der Waals surface area contributed by atoms with Crippen molar-refractivity contribution in [2.24, 2.45) is 7.05 Å². The molecule has 1 N–H and O–H groups in total. The first-order valence-electron chi connectivity index (χ1n) is 4.11. The van der Waals surface area contributed by atoms with Gasteiger partial charge in [0, 0.05) is 13.6 Å². The Bertz CT molecular complexity index is 304. The van der Waals surface area contributed by atoms with Gasteiger partial charge in [0.2, 0.25) is 0 Å². The van der Waals surface area contributed by atoms with Crippen molar-refractivity contribution in [2.45, 2.75) is 6.42 Å². The zero-order valence-corrected chi connectivity index (χ0v) is 7.66. The number of nitrogens with one attached hydrogen (secondary N) is 1. The maximum Gasteiger partial charge on any atom is 0.269 e. The summed E-state index contributed by atoms with van der Waals surface area (Å²) in [5.41, 5.74) is 0.573. The Balaban J connectivity index is 2.49. The number of nitrogens with zero attached hydrogens (tertiary/aromatic N) is 2. The largest absolute Gasteiger partial charge is 0.350 e. The summed E-state index contributed by atoms with van der Waals surface area (Å²) in [4.78, 5) is 15.2. The molecule has 0 atom stereocenters. The van der Waals surface area contributed by atoms with Crippen LogP contribution in [0.1, 0.15) is 16.9 Å². The maximum absolute atomic E-state index is 11.4. The van der Waals surface area contributed by atoms with Gasteiger partial charge in [0.05, 0.1) is 12.5 Å². The Morgan fingerprint density at radius 1 is 1.85 bits per heavy atom. The van der Waals surface area contributed by atoms with Crippen LogP contribution in [-0.4, -0.2) is 22.0 Å². The van der Waals surface area contributed by atoms with Crippen LogP contribution in [0.25, 0.3) is 0 Å². The highest BCUT2D eigenvalue weighted by Crippen LogP contribution is 1.95. The lowest BCUT2D eigenvalue weighted by Crippen LogP contribution is -2.25. The minimum atomic E-state index is -0.0955. The summed E-state index contributed by atoms with van der Waals surface area (Å²) in [6, 6.07) is 0. The second-order valence-electron chi connectivity index (χ2n) is 2.72. The molecule has 0 fully saturated rings. The monoisotopic (exact) mass is 179 g/mol. The molecule has 0 radical (unpaired) electrons. The molecule has 4 nitrogen and oxygen atoms in total. The quantitative estimate of drug-likeness (QED) is 0.547. The Labute approximate surface area is 77.3 Å². The van der Waals surface area contributed by atoms with Crippen LogP contribution in [0, 0.1) is 0 Å². The van der Waals surface area contributed by atoms with E-state index in [9.17, 15) is 4.79 Å². The van der Waals surface area contributed by atoms with E-state index in [1.54, 1.807) is 30.2 Å². The van der Waals surface area contributed by atoms with Crippen LogP contribution in [0.4, 0.5) is 0 Å². The lowest BCUT2D eigenvalue weighted by molar-refractivity contribution is 0.0946. The number of hydrogen-bond donors (Lipinski definition) is 1. The van der Waals surface area contributed by atoms with Gasteiger partial charge >= 0.3 is 0 Å². The molecule has 1 aromatic heterocycles. The average molecular weight is 179 g/mol. The van der Waals surface area contributed by atoms with Crippen molar-refractivity contribution in [2.75, 3.05) is 6.54 Å². The van der Waals surface area contributed by atoms with Gasteiger partial charge in [0.1, 0.15) is 5.69 Å². The van der Waals surface area contributed by atoms with Crippen LogP contribution in [0.2, 0.25) is 0 Å². The smallest absolute Gasteiger partial charge is 0.269 e. The summed E-state index contributed by atoms with van der Waals surface area (Å²) in [5.74, 6) is -0.0955. The molecule has 0 saturated carbocycles. The standard InChI is InChI=1S/C9H13N3O/c1-3-4-5-11-9(13)8-6-10-7-12(8)2/h3,6-7H,1,4-5H2,2H3,(H,11,13). The first-order valence-corrected chi connectivity index (χ1v) is 4.11. The summed E-state index contributed by atoms with van der Waals surface area (Å²) in [5, 5.41) is 2.76. The van der Waals surface area contributed by atoms with Crippen LogP contribution in [0.5, 0.6) is 0 Å². The molecule has 1 heterocycles. The third-order valence-electron chi connectivity index (χ3n) is 1.68. The molecule has 0 bridgehead atoms. The third kappa shape index (κ3) is 2.43. The van der Waals surface area contributed by atoms with Crippen LogP contribution >= 0.6 is 0 Å². The van der Waals surface area contributed by atoms with E-state index in [1.165, 1.54) is 0 Å². The van der Waals surface area contributed by atoms with Gasteiger partial charge in [-0.15, -0.1) is 6.58 Å². The van der Waals surface area contributed by atoms with Crippen molar-refractivity contribution in [1.82, 2.24) is 14.9 Å². The number of amides is 1. The van der Waals surface area contributed by atoms with E-state index >= 15 is 0 Å². The summed E-state index contributed by atoms with van der Waals surface area (Å²) >= 11 is 0. The number of rotatable bonds is 4. The molecule has 0 unspecified atom stereocenters. The van der Waals surface area contributed by atoms with Gasteiger partial charge in [0.25, 0.3) is 5.91 Å². The zero-order chi connectivity index (χ0) is 9.68. The van der Waals surface area contributed by atoms with Gasteiger partial charge in [0.15, 0.2) is 0 Å². The van der Waals surface area contributed by atoms with Gasteiger partial charge in [-0.2, -0.15) is 0 Å². The Morgan fingerprint density at radius 2 is 2.62 bits per heavy atom. The van der Waals surface area contributed by atoms with Crippen molar-refractivity contribution in [3.63, 3.8) is 0 Å². The molecule has 0 aliphatic carbocycles. The molecule has 0 saturated heterocycles. The van der Waals surface area contributed by atoms with E-state index < -0.39 is 0 Å². The fourth-order valence-corrected chi connectivity index (χ4v) is 0.954. The lowest BCUT2D eigenvalue weighted by atomic mass is 10.4. The molecule has 4 heteroatoms. The van der Waals surface area contributed by atoms with Gasteiger partial charge in [-0.3, -0.25) is 4.79 Å². The Hall–Kier alpha value is -1.58. The molecule has 0 aromatic carbocycles. The first kappa shape index (κ1) is 9.51. The predicted molar refractivity (Wildman–Crippen MR) is 50.4 cm³/mol. The number of hydrogen-bond acceptors (Lipinski definition) is 2. The van der Waals surface area contributed by atoms with Gasteiger partial charge in [-0.25, -0.2) is 4.98 Å². The van der Waals surface area contributed by atoms with Crippen molar-refractivity contribution in [3.8, 4) is 0 Å². The summed E-state index contributed by atoms with van der Waals surface area (Å²) in [6.07, 6.45) is 5.69. The van der Waals surface area contributed by atoms with E-state index in [1.807, 2.05) is 0 Å². The number of imidazole rings is 1. The van der Waals surface area contributed by atoms with E-state index in [4.69, 9.17) is 0 Å². The van der Waals surface area contributed by atoms with Crippen molar-refractivity contribution < 1.29 is 4.79 Å². The van der Waals surface area contributed by atoms with Crippen molar-refractivity contribution >= 4 is 5.91 Å². The van der Waals surface area contributed by atoms with E-state index in [0.717, 1.165) is 6.42 Å². The SMILES string of the molecule is C=CCCNC(=O)c1cncn1C. The van der Waals surface area contributed by atoms with E-state index in [-0.39, 0.29) is 5.91 Å². The molecular formula is C9H13N3O. The van der Waals surface area contributed by atoms with Crippen LogP contribution in [0.3, 0.4) is 0 Å². The second kappa shape index (κ2) is 4.45. The molecule has 1 rings (SSSR count). The normalized spacial score (nSPS) is 9.62. The molecule has 0 aliphatic heterocycles. The predicted octanol–water partition coefficient (Wildman–Crippen LogP) is 0.726. The molecule has 70 valence electrons. The number of carbonyl (C=O) groups is 1. The van der Waals surface area contributed by atoms with E-state index in [2.05, 4.69) is 16.9 Å². The average Bonchev–Trinajstić information content (AvgIpc) is 2.52. The van der Waals surface area contributed by atoms with Gasteiger partial charge in [-0.05, 0) is 6.42 Å². The molecule has 0 spiro atoms. The molecular weight excluding hydrogens is 166 g/mol. The summed E-state index contributed by atoms with van der Waals surface area (Å²) in [6.45, 7) is 4.19. The number of carbonyl (C=O) groups excluding carboxylic acids is 1. The highest BCUT2D eigenvalue weighted by molar-refractivity contribution is 5.92. The number of aromatic nitrogens is 2. The lowest BCUT2D eigenvalue weighted by Gasteiger charge is -2.02. The van der Waals surface area contributed by atoms with Crippen LogP contribution < -0.4 is 5.32 Å². The first-order chi connectivity index (χ1) is 6.25. The van der Waals surface area contributed by atoms with Crippen molar-refractivity contribution in [3.05, 3.63) is 30.9 Å². The van der Waals surface area contributed by atoms with Crippen molar-refractivity contribution in [1.29, 1.82) is 0 Å². The summed E-state index contributed by atoms with van der Waals surface area (Å²) < 4.78 is 1.68. The fourth-order valence-electron chi connectivity index (χ4n) is 0.954. The minimum absolute atomic E-state index is 0.0955. The highest BCUT2D eigenvalue weighted by Gasteiger charge is 2.07. The van der Waals surface area contributed by atoms with Gasteiger partial charge in [-0.1, -0.05) is 6.08 Å². The summed E-state index contributed by atoms with van der Waals surface area (Å²) in [7, 11) is 1.79. The maximum atomic E-state index is 11.4. The third-order valence-corrected chi connectivity index (χ3v) is 1.68.